The van der Waals surface area contributed by atoms with Crippen molar-refractivity contribution >= 4 is 17.7 Å². The molecule has 1 aliphatic heterocycles. The molecule has 0 atom stereocenters. The highest BCUT2D eigenvalue weighted by Gasteiger charge is 2.23. The van der Waals surface area contributed by atoms with E-state index in [2.05, 4.69) is 10.6 Å². The van der Waals surface area contributed by atoms with E-state index in [1.807, 2.05) is 35.2 Å². The van der Waals surface area contributed by atoms with Crippen molar-refractivity contribution in [3.63, 3.8) is 0 Å². The molecule has 3 amide bonds. The summed E-state index contributed by atoms with van der Waals surface area (Å²) in [5, 5.41) is 5.57. The summed E-state index contributed by atoms with van der Waals surface area (Å²) in [5.74, 6) is 0.410. The van der Waals surface area contributed by atoms with E-state index >= 15 is 0 Å². The number of methoxy groups -OCH3 is 2. The van der Waals surface area contributed by atoms with Gasteiger partial charge in [-0.3, -0.25) is 19.3 Å². The highest BCUT2D eigenvalue weighted by Crippen LogP contribution is 2.27. The molecule has 0 saturated carbocycles. The van der Waals surface area contributed by atoms with Gasteiger partial charge in [0.1, 0.15) is 0 Å². The van der Waals surface area contributed by atoms with Gasteiger partial charge >= 0.3 is 0 Å². The van der Waals surface area contributed by atoms with Crippen LogP contribution in [-0.4, -0.2) is 81.0 Å². The lowest BCUT2D eigenvalue weighted by atomic mass is 10.2. The van der Waals surface area contributed by atoms with E-state index in [9.17, 15) is 14.4 Å². The van der Waals surface area contributed by atoms with Gasteiger partial charge in [0.2, 0.25) is 11.8 Å². The third-order valence-electron chi connectivity index (χ3n) is 5.47. The third-order valence-corrected chi connectivity index (χ3v) is 5.47. The first-order valence-electron chi connectivity index (χ1n) is 10.8. The molecule has 9 nitrogen and oxygen atoms in total. The maximum Gasteiger partial charge on any atom is 0.251 e. The number of rotatable bonds is 9. The van der Waals surface area contributed by atoms with Gasteiger partial charge in [-0.05, 0) is 23.8 Å². The van der Waals surface area contributed by atoms with Crippen LogP contribution in [0.3, 0.4) is 0 Å². The summed E-state index contributed by atoms with van der Waals surface area (Å²) in [4.78, 5) is 40.8. The van der Waals surface area contributed by atoms with Crippen LogP contribution in [0, 0.1) is 0 Å². The van der Waals surface area contributed by atoms with E-state index in [4.69, 9.17) is 9.47 Å². The molecular weight excluding hydrogens is 424 g/mol. The zero-order valence-electron chi connectivity index (χ0n) is 19.0. The quantitative estimate of drug-likeness (QED) is 0.584. The van der Waals surface area contributed by atoms with Crippen molar-refractivity contribution < 1.29 is 23.9 Å². The molecule has 0 unspecified atom stereocenters. The van der Waals surface area contributed by atoms with Crippen LogP contribution in [0.4, 0.5) is 0 Å². The number of carbonyl (C=O) groups excluding carboxylic acids is 3. The number of benzene rings is 2. The second kappa shape index (κ2) is 11.9. The summed E-state index contributed by atoms with van der Waals surface area (Å²) >= 11 is 0. The Balaban J connectivity index is 1.38. The van der Waals surface area contributed by atoms with Crippen molar-refractivity contribution in [2.45, 2.75) is 6.54 Å². The first kappa shape index (κ1) is 24.1. The molecule has 1 fully saturated rings. The minimum atomic E-state index is -0.363. The zero-order chi connectivity index (χ0) is 23.6. The highest BCUT2D eigenvalue weighted by atomic mass is 16.5. The molecule has 0 spiro atoms. The van der Waals surface area contributed by atoms with Crippen LogP contribution >= 0.6 is 0 Å². The summed E-state index contributed by atoms with van der Waals surface area (Å²) < 4.78 is 10.4. The second-order valence-corrected chi connectivity index (χ2v) is 7.67. The van der Waals surface area contributed by atoms with Crippen LogP contribution in [-0.2, 0) is 16.1 Å². The van der Waals surface area contributed by atoms with Crippen molar-refractivity contribution in [2.75, 3.05) is 53.5 Å². The summed E-state index contributed by atoms with van der Waals surface area (Å²) in [6.07, 6.45) is 0. The van der Waals surface area contributed by atoms with E-state index in [0.717, 1.165) is 5.56 Å². The van der Waals surface area contributed by atoms with Crippen LogP contribution in [0.15, 0.2) is 48.5 Å². The molecule has 0 aliphatic carbocycles. The fourth-order valence-corrected chi connectivity index (χ4v) is 3.56. The lowest BCUT2D eigenvalue weighted by Gasteiger charge is -2.34. The lowest BCUT2D eigenvalue weighted by Crippen LogP contribution is -2.52. The number of nitrogens with one attached hydrogen (secondary N) is 2. The number of nitrogens with zero attached hydrogens (tertiary/aromatic N) is 2. The van der Waals surface area contributed by atoms with Crippen molar-refractivity contribution in [3.05, 3.63) is 59.7 Å². The summed E-state index contributed by atoms with van der Waals surface area (Å²) in [6, 6.07) is 14.6. The van der Waals surface area contributed by atoms with Gasteiger partial charge in [-0.1, -0.05) is 30.3 Å². The summed E-state index contributed by atoms with van der Waals surface area (Å²) in [7, 11) is 3.02. The average Bonchev–Trinajstić information content (AvgIpc) is 2.86. The molecule has 176 valence electrons. The van der Waals surface area contributed by atoms with Gasteiger partial charge in [0.05, 0.1) is 27.3 Å². The molecule has 1 aliphatic rings. The zero-order valence-corrected chi connectivity index (χ0v) is 19.0. The molecule has 0 aromatic heterocycles. The summed E-state index contributed by atoms with van der Waals surface area (Å²) in [6.45, 7) is 2.93. The molecule has 2 aromatic carbocycles. The number of piperazine rings is 1. The SMILES string of the molecule is COc1ccc(C(=O)NCC(=O)N2CCN(CC(=O)NCc3ccccc3)CC2)cc1OC. The Morgan fingerprint density at radius 2 is 1.58 bits per heavy atom. The molecule has 1 saturated heterocycles. The van der Waals surface area contributed by atoms with Gasteiger partial charge in [-0.15, -0.1) is 0 Å². The van der Waals surface area contributed by atoms with Gasteiger partial charge in [0.25, 0.3) is 5.91 Å². The molecule has 33 heavy (non-hydrogen) atoms. The molecule has 3 rings (SSSR count). The highest BCUT2D eigenvalue weighted by molar-refractivity contribution is 5.97. The number of hydrogen-bond donors (Lipinski definition) is 2. The van der Waals surface area contributed by atoms with E-state index in [1.54, 1.807) is 23.1 Å². The monoisotopic (exact) mass is 454 g/mol. The molecule has 0 bridgehead atoms. The third kappa shape index (κ3) is 6.95. The smallest absolute Gasteiger partial charge is 0.251 e. The van der Waals surface area contributed by atoms with Crippen LogP contribution in [0.5, 0.6) is 11.5 Å². The maximum atomic E-state index is 12.5. The molecule has 2 aromatic rings. The largest absolute Gasteiger partial charge is 0.493 e. The van der Waals surface area contributed by atoms with E-state index in [0.29, 0.717) is 56.3 Å². The topological polar surface area (TPSA) is 100 Å². The fourth-order valence-electron chi connectivity index (χ4n) is 3.56. The van der Waals surface area contributed by atoms with E-state index in [-0.39, 0.29) is 24.3 Å². The number of hydrogen-bond acceptors (Lipinski definition) is 6. The Kier molecular flexibility index (Phi) is 8.65. The van der Waals surface area contributed by atoms with Crippen LogP contribution in [0.2, 0.25) is 0 Å². The Labute approximate surface area is 193 Å². The number of amides is 3. The van der Waals surface area contributed by atoms with Crippen molar-refractivity contribution in [1.82, 2.24) is 20.4 Å². The average molecular weight is 455 g/mol. The number of ether oxygens (including phenoxy) is 2. The predicted molar refractivity (Wildman–Crippen MR) is 123 cm³/mol. The lowest BCUT2D eigenvalue weighted by molar-refractivity contribution is -0.132. The molecule has 9 heteroatoms. The Bertz CT molecular complexity index is 959. The first-order valence-corrected chi connectivity index (χ1v) is 10.8. The van der Waals surface area contributed by atoms with Crippen molar-refractivity contribution in [3.8, 4) is 11.5 Å². The minimum absolute atomic E-state index is 0.0409. The second-order valence-electron chi connectivity index (χ2n) is 7.67. The Hall–Kier alpha value is -3.59. The standard InChI is InChI=1S/C24H30N4O5/c1-32-20-9-8-19(14-21(20)33-2)24(31)26-16-23(30)28-12-10-27(11-13-28)17-22(29)25-15-18-6-4-3-5-7-18/h3-9,14H,10-13,15-17H2,1-2H3,(H,25,29)(H,26,31). The van der Waals surface area contributed by atoms with E-state index in [1.165, 1.54) is 14.2 Å². The molecule has 1 heterocycles. The van der Waals surface area contributed by atoms with Gasteiger partial charge < -0.3 is 25.0 Å². The Morgan fingerprint density at radius 3 is 2.24 bits per heavy atom. The normalized spacial score (nSPS) is 13.8. The van der Waals surface area contributed by atoms with Crippen molar-refractivity contribution in [1.29, 1.82) is 0 Å². The summed E-state index contributed by atoms with van der Waals surface area (Å²) in [5.41, 5.74) is 1.43. The Morgan fingerprint density at radius 1 is 0.879 bits per heavy atom. The predicted octanol–water partition coefficient (Wildman–Crippen LogP) is 0.894. The molecule has 2 N–H and O–H groups in total. The van der Waals surface area contributed by atoms with E-state index < -0.39 is 0 Å². The van der Waals surface area contributed by atoms with Crippen molar-refractivity contribution in [2.24, 2.45) is 0 Å². The van der Waals surface area contributed by atoms with Crippen LogP contribution < -0.4 is 20.1 Å². The van der Waals surface area contributed by atoms with Crippen LogP contribution in [0.1, 0.15) is 15.9 Å². The molecule has 0 radical (unpaired) electrons. The van der Waals surface area contributed by atoms with Gasteiger partial charge in [-0.25, -0.2) is 0 Å². The number of carbonyl (C=O) groups is 3. The molecular formula is C24H30N4O5. The fraction of sp³-hybridized carbons (Fsp3) is 0.375. The minimum Gasteiger partial charge on any atom is -0.493 e. The van der Waals surface area contributed by atoms with Gasteiger partial charge in [0, 0.05) is 38.3 Å². The maximum absolute atomic E-state index is 12.5. The first-order chi connectivity index (χ1) is 16.0. The van der Waals surface area contributed by atoms with Gasteiger partial charge in [0.15, 0.2) is 11.5 Å². The van der Waals surface area contributed by atoms with Gasteiger partial charge in [-0.2, -0.15) is 0 Å². The van der Waals surface area contributed by atoms with Crippen LogP contribution in [0.25, 0.3) is 0 Å².